The molecule has 2 aromatic rings. The van der Waals surface area contributed by atoms with Gasteiger partial charge in [0.1, 0.15) is 11.1 Å². The molecule has 0 aliphatic heterocycles. The molecule has 6 nitrogen and oxygen atoms in total. The lowest BCUT2D eigenvalue weighted by molar-refractivity contribution is -0.118. The molecule has 0 bridgehead atoms. The third kappa shape index (κ3) is 4.58. The molecule has 3 N–H and O–H groups in total. The van der Waals surface area contributed by atoms with Gasteiger partial charge in [0.2, 0.25) is 0 Å². The van der Waals surface area contributed by atoms with Gasteiger partial charge in [-0.2, -0.15) is 0 Å². The first-order valence-corrected chi connectivity index (χ1v) is 8.18. The van der Waals surface area contributed by atoms with Crippen LogP contribution in [-0.4, -0.2) is 22.3 Å². The van der Waals surface area contributed by atoms with Crippen molar-refractivity contribution < 1.29 is 23.9 Å². The maximum Gasteiger partial charge on any atom is 0.359 e. The van der Waals surface area contributed by atoms with Gasteiger partial charge in [-0.15, -0.1) is 0 Å². The molecular weight excluding hydrogens is 329 g/mol. The molecule has 8 heteroatoms. The SMILES string of the molecule is O=C(COc1ccccc1P(=O)(O)O)Nc1cccc(Cl)c1. The Kier molecular flexibility index (Phi) is 5.21. The molecule has 1 amide bonds. The van der Waals surface area contributed by atoms with E-state index >= 15 is 0 Å². The molecule has 0 radical (unpaired) electrons. The standard InChI is InChI=1S/C14H13ClNO5P/c15-10-4-3-5-11(8-10)16-14(17)9-21-12-6-1-2-7-13(12)22(18,19)20/h1-8H,9H2,(H,16,17)(H2,18,19,20). The fraction of sp³-hybridized carbons (Fsp3) is 0.0714. The highest BCUT2D eigenvalue weighted by Crippen LogP contribution is 2.37. The van der Waals surface area contributed by atoms with Crippen molar-refractivity contribution in [3.05, 3.63) is 53.6 Å². The zero-order chi connectivity index (χ0) is 16.2. The largest absolute Gasteiger partial charge is 0.483 e. The van der Waals surface area contributed by atoms with Crippen LogP contribution in [0.5, 0.6) is 5.75 Å². The van der Waals surface area contributed by atoms with E-state index in [0.29, 0.717) is 10.7 Å². The first-order chi connectivity index (χ1) is 10.4. The molecule has 0 aromatic heterocycles. The topological polar surface area (TPSA) is 95.9 Å². The molecular formula is C14H13ClNO5P. The number of hydrogen-bond donors (Lipinski definition) is 3. The van der Waals surface area contributed by atoms with Gasteiger partial charge in [0.05, 0.1) is 0 Å². The van der Waals surface area contributed by atoms with Gasteiger partial charge in [-0.3, -0.25) is 9.36 Å². The summed E-state index contributed by atoms with van der Waals surface area (Å²) in [4.78, 5) is 30.2. The molecule has 0 unspecified atom stereocenters. The molecule has 0 saturated carbocycles. The van der Waals surface area contributed by atoms with E-state index in [1.54, 1.807) is 30.3 Å². The van der Waals surface area contributed by atoms with Crippen LogP contribution in [0, 0.1) is 0 Å². The minimum absolute atomic E-state index is 0.0305. The summed E-state index contributed by atoms with van der Waals surface area (Å²) in [7, 11) is -4.46. The van der Waals surface area contributed by atoms with Gasteiger partial charge in [-0.05, 0) is 30.3 Å². The normalized spacial score (nSPS) is 11.0. The smallest absolute Gasteiger partial charge is 0.359 e. The Balaban J connectivity index is 2.02. The van der Waals surface area contributed by atoms with Crippen molar-refractivity contribution in [1.29, 1.82) is 0 Å². The number of hydrogen-bond acceptors (Lipinski definition) is 3. The zero-order valence-electron chi connectivity index (χ0n) is 11.3. The van der Waals surface area contributed by atoms with Crippen LogP contribution in [0.3, 0.4) is 0 Å². The number of anilines is 1. The van der Waals surface area contributed by atoms with Crippen molar-refractivity contribution >= 4 is 36.1 Å². The second kappa shape index (κ2) is 6.94. The molecule has 0 fully saturated rings. The fourth-order valence-corrected chi connectivity index (χ4v) is 2.62. The highest BCUT2D eigenvalue weighted by molar-refractivity contribution is 7.60. The van der Waals surface area contributed by atoms with Crippen molar-refractivity contribution in [3.8, 4) is 5.75 Å². The molecule has 0 aliphatic rings. The molecule has 22 heavy (non-hydrogen) atoms. The average Bonchev–Trinajstić information content (AvgIpc) is 2.44. The lowest BCUT2D eigenvalue weighted by Crippen LogP contribution is -2.22. The molecule has 0 aliphatic carbocycles. The quantitative estimate of drug-likeness (QED) is 0.724. The number of rotatable bonds is 5. The Labute approximate surface area is 131 Å². The summed E-state index contributed by atoms with van der Waals surface area (Å²) >= 11 is 5.80. The second-order valence-electron chi connectivity index (χ2n) is 4.36. The van der Waals surface area contributed by atoms with Gasteiger partial charge in [-0.1, -0.05) is 29.8 Å². The molecule has 0 heterocycles. The third-order valence-corrected chi connectivity index (χ3v) is 3.88. The van der Waals surface area contributed by atoms with Crippen molar-refractivity contribution in [1.82, 2.24) is 0 Å². The summed E-state index contributed by atoms with van der Waals surface area (Å²) in [5, 5.41) is 2.79. The molecule has 0 atom stereocenters. The summed E-state index contributed by atoms with van der Waals surface area (Å²) < 4.78 is 16.5. The highest BCUT2D eigenvalue weighted by atomic mass is 35.5. The van der Waals surface area contributed by atoms with Gasteiger partial charge in [0.15, 0.2) is 6.61 Å². The number of benzene rings is 2. The average molecular weight is 342 g/mol. The van der Waals surface area contributed by atoms with E-state index in [-0.39, 0.29) is 17.7 Å². The van der Waals surface area contributed by atoms with Gasteiger partial charge >= 0.3 is 7.60 Å². The number of ether oxygens (including phenoxy) is 1. The number of halogens is 1. The van der Waals surface area contributed by atoms with Gasteiger partial charge < -0.3 is 19.8 Å². The summed E-state index contributed by atoms with van der Waals surface area (Å²) in [5.41, 5.74) is 0.504. The molecule has 116 valence electrons. The third-order valence-electron chi connectivity index (χ3n) is 2.65. The summed E-state index contributed by atoms with van der Waals surface area (Å²) in [6.45, 7) is -0.385. The number of nitrogens with one attached hydrogen (secondary N) is 1. The fourth-order valence-electron chi connectivity index (χ4n) is 1.73. The summed E-state index contributed by atoms with van der Waals surface area (Å²) in [5.74, 6) is -0.500. The van der Waals surface area contributed by atoms with Crippen LogP contribution in [-0.2, 0) is 9.36 Å². The lowest BCUT2D eigenvalue weighted by Gasteiger charge is -2.12. The van der Waals surface area contributed by atoms with E-state index < -0.39 is 13.5 Å². The molecule has 0 saturated heterocycles. The van der Waals surface area contributed by atoms with Gasteiger partial charge in [0, 0.05) is 10.7 Å². The van der Waals surface area contributed by atoms with Crippen LogP contribution in [0.15, 0.2) is 48.5 Å². The Hall–Kier alpha value is -1.85. The first kappa shape index (κ1) is 16.5. The van der Waals surface area contributed by atoms with Crippen LogP contribution in [0.4, 0.5) is 5.69 Å². The minimum atomic E-state index is -4.46. The van der Waals surface area contributed by atoms with E-state index in [4.69, 9.17) is 16.3 Å². The summed E-state index contributed by atoms with van der Waals surface area (Å²) in [6.07, 6.45) is 0. The minimum Gasteiger partial charge on any atom is -0.483 e. The Bertz CT molecular complexity index is 731. The maximum atomic E-state index is 11.8. The van der Waals surface area contributed by atoms with Crippen molar-refractivity contribution in [2.75, 3.05) is 11.9 Å². The second-order valence-corrected chi connectivity index (χ2v) is 6.37. The number of amides is 1. The first-order valence-electron chi connectivity index (χ1n) is 6.19. The Morgan fingerprint density at radius 3 is 2.59 bits per heavy atom. The molecule has 0 spiro atoms. The van der Waals surface area contributed by atoms with Gasteiger partial charge in [0.25, 0.3) is 5.91 Å². The van der Waals surface area contributed by atoms with Crippen LogP contribution >= 0.6 is 19.2 Å². The van der Waals surface area contributed by atoms with Crippen molar-refractivity contribution in [2.45, 2.75) is 0 Å². The zero-order valence-corrected chi connectivity index (χ0v) is 12.9. The van der Waals surface area contributed by atoms with E-state index in [1.165, 1.54) is 18.2 Å². The van der Waals surface area contributed by atoms with Crippen LogP contribution in [0.25, 0.3) is 0 Å². The van der Waals surface area contributed by atoms with Crippen LogP contribution in [0.1, 0.15) is 0 Å². The maximum absolute atomic E-state index is 11.8. The highest BCUT2D eigenvalue weighted by Gasteiger charge is 2.22. The Morgan fingerprint density at radius 1 is 1.18 bits per heavy atom. The van der Waals surface area contributed by atoms with E-state index in [2.05, 4.69) is 5.32 Å². The van der Waals surface area contributed by atoms with Gasteiger partial charge in [-0.25, -0.2) is 0 Å². The monoisotopic (exact) mass is 341 g/mol. The molecule has 2 rings (SSSR count). The predicted octanol–water partition coefficient (Wildman–Crippen LogP) is 2.16. The summed E-state index contributed by atoms with van der Waals surface area (Å²) in [6, 6.07) is 12.3. The Morgan fingerprint density at radius 2 is 1.91 bits per heavy atom. The lowest BCUT2D eigenvalue weighted by atomic mass is 10.3. The van der Waals surface area contributed by atoms with E-state index in [1.807, 2.05) is 0 Å². The number of carbonyl (C=O) groups excluding carboxylic acids is 1. The van der Waals surface area contributed by atoms with Crippen molar-refractivity contribution in [3.63, 3.8) is 0 Å². The number of carbonyl (C=O) groups is 1. The van der Waals surface area contributed by atoms with E-state index in [0.717, 1.165) is 0 Å². The van der Waals surface area contributed by atoms with Crippen LogP contribution < -0.4 is 15.4 Å². The van der Waals surface area contributed by atoms with Crippen LogP contribution in [0.2, 0.25) is 5.02 Å². The van der Waals surface area contributed by atoms with Crippen molar-refractivity contribution in [2.24, 2.45) is 0 Å². The predicted molar refractivity (Wildman–Crippen MR) is 83.7 cm³/mol. The van der Waals surface area contributed by atoms with E-state index in [9.17, 15) is 19.1 Å². The number of para-hydroxylation sites is 1. The molecule has 2 aromatic carbocycles.